The average molecular weight is 304 g/mol. The largest absolute Gasteiger partial charge is 0.392 e. The van der Waals surface area contributed by atoms with Crippen molar-refractivity contribution in [3.8, 4) is 0 Å². The predicted molar refractivity (Wildman–Crippen MR) is 66.8 cm³/mol. The Balaban J connectivity index is 2.04. The number of nitrogens with one attached hydrogen (secondary N) is 1. The van der Waals surface area contributed by atoms with E-state index in [9.17, 15) is 22.0 Å². The SMILES string of the molecule is Fc1cc(F)c2nc(C3CCCCC3C(F)(F)F)[nH]c2c1. The second-order valence-corrected chi connectivity index (χ2v) is 5.44. The van der Waals surface area contributed by atoms with E-state index in [1.54, 1.807) is 0 Å². The number of alkyl halides is 3. The summed E-state index contributed by atoms with van der Waals surface area (Å²) in [4.78, 5) is 6.60. The van der Waals surface area contributed by atoms with E-state index in [1.165, 1.54) is 0 Å². The van der Waals surface area contributed by atoms with Crippen LogP contribution in [0.3, 0.4) is 0 Å². The third-order valence-corrected chi connectivity index (χ3v) is 4.06. The van der Waals surface area contributed by atoms with E-state index in [0.29, 0.717) is 25.3 Å². The lowest BCUT2D eigenvalue weighted by Crippen LogP contribution is -2.32. The number of halogens is 5. The van der Waals surface area contributed by atoms with Gasteiger partial charge in [-0.05, 0) is 18.9 Å². The molecule has 2 aromatic rings. The molecule has 0 spiro atoms. The number of aromatic nitrogens is 2. The minimum atomic E-state index is -4.31. The molecule has 1 fully saturated rings. The van der Waals surface area contributed by atoms with Gasteiger partial charge >= 0.3 is 6.18 Å². The van der Waals surface area contributed by atoms with Gasteiger partial charge in [-0.2, -0.15) is 13.2 Å². The normalized spacial score (nSPS) is 23.7. The Morgan fingerprint density at radius 1 is 1.10 bits per heavy atom. The molecule has 1 aromatic heterocycles. The predicted octanol–water partition coefficient (Wildman–Crippen LogP) is 4.68. The molecule has 3 rings (SSSR count). The van der Waals surface area contributed by atoms with Crippen molar-refractivity contribution in [3.05, 3.63) is 29.6 Å². The second-order valence-electron chi connectivity index (χ2n) is 5.44. The first kappa shape index (κ1) is 14.3. The number of imidazole rings is 1. The molecule has 2 atom stereocenters. The van der Waals surface area contributed by atoms with Gasteiger partial charge in [0, 0.05) is 12.0 Å². The van der Waals surface area contributed by atoms with E-state index >= 15 is 0 Å². The van der Waals surface area contributed by atoms with Gasteiger partial charge in [0.25, 0.3) is 0 Å². The molecule has 1 saturated carbocycles. The Kier molecular flexibility index (Phi) is 3.37. The summed E-state index contributed by atoms with van der Waals surface area (Å²) in [5.41, 5.74) is -0.0214. The third kappa shape index (κ3) is 2.61. The highest BCUT2D eigenvalue weighted by atomic mass is 19.4. The Bertz CT molecular complexity index is 661. The lowest BCUT2D eigenvalue weighted by molar-refractivity contribution is -0.187. The van der Waals surface area contributed by atoms with Crippen molar-refractivity contribution in [3.63, 3.8) is 0 Å². The van der Waals surface area contributed by atoms with E-state index in [-0.39, 0.29) is 23.3 Å². The third-order valence-electron chi connectivity index (χ3n) is 4.06. The van der Waals surface area contributed by atoms with Crippen LogP contribution in [0, 0.1) is 17.6 Å². The second kappa shape index (κ2) is 4.96. The van der Waals surface area contributed by atoms with Crippen molar-refractivity contribution >= 4 is 11.0 Å². The van der Waals surface area contributed by atoms with Gasteiger partial charge in [-0.15, -0.1) is 0 Å². The number of nitrogens with zero attached hydrogens (tertiary/aromatic N) is 1. The number of H-pyrrole nitrogens is 1. The van der Waals surface area contributed by atoms with Gasteiger partial charge in [0.2, 0.25) is 0 Å². The Morgan fingerprint density at radius 2 is 1.81 bits per heavy atom. The summed E-state index contributed by atoms with van der Waals surface area (Å²) < 4.78 is 66.1. The molecule has 2 nitrogen and oxygen atoms in total. The van der Waals surface area contributed by atoms with Crippen molar-refractivity contribution in [1.82, 2.24) is 9.97 Å². The first-order chi connectivity index (χ1) is 9.86. The molecule has 0 radical (unpaired) electrons. The summed E-state index contributed by atoms with van der Waals surface area (Å²) >= 11 is 0. The minimum absolute atomic E-state index is 0.0437. The fourth-order valence-electron chi connectivity index (χ4n) is 3.09. The van der Waals surface area contributed by atoms with Crippen molar-refractivity contribution in [2.75, 3.05) is 0 Å². The maximum absolute atomic E-state index is 13.6. The van der Waals surface area contributed by atoms with Crippen LogP contribution in [0.5, 0.6) is 0 Å². The molecule has 0 saturated heterocycles. The number of hydrogen-bond donors (Lipinski definition) is 1. The molecule has 7 heteroatoms. The van der Waals surface area contributed by atoms with Crippen LogP contribution in [0.15, 0.2) is 12.1 Å². The molecule has 0 bridgehead atoms. The molecular weight excluding hydrogens is 291 g/mol. The van der Waals surface area contributed by atoms with Gasteiger partial charge in [-0.1, -0.05) is 12.8 Å². The monoisotopic (exact) mass is 304 g/mol. The minimum Gasteiger partial charge on any atom is -0.342 e. The molecule has 1 aliphatic carbocycles. The van der Waals surface area contributed by atoms with Crippen LogP contribution >= 0.6 is 0 Å². The lowest BCUT2D eigenvalue weighted by Gasteiger charge is -2.31. The standard InChI is InChI=1S/C14H13F5N2/c15-7-5-10(16)12-11(6-7)20-13(21-12)8-3-1-2-4-9(8)14(17,18)19/h5-6,8-9H,1-4H2,(H,20,21). The molecule has 1 aromatic carbocycles. The van der Waals surface area contributed by atoms with Crippen molar-refractivity contribution in [1.29, 1.82) is 0 Å². The number of benzene rings is 1. The van der Waals surface area contributed by atoms with E-state index in [2.05, 4.69) is 9.97 Å². The Hall–Kier alpha value is -1.66. The zero-order valence-electron chi connectivity index (χ0n) is 11.0. The molecule has 1 heterocycles. The smallest absolute Gasteiger partial charge is 0.342 e. The van der Waals surface area contributed by atoms with Crippen molar-refractivity contribution in [2.24, 2.45) is 5.92 Å². The average Bonchev–Trinajstić information content (AvgIpc) is 2.81. The highest BCUT2D eigenvalue weighted by Gasteiger charge is 2.46. The van der Waals surface area contributed by atoms with E-state index < -0.39 is 29.6 Å². The zero-order valence-corrected chi connectivity index (χ0v) is 11.0. The van der Waals surface area contributed by atoms with Crippen LogP contribution in [-0.4, -0.2) is 16.1 Å². The summed E-state index contributed by atoms with van der Waals surface area (Å²) in [5, 5.41) is 0. The Morgan fingerprint density at radius 3 is 2.52 bits per heavy atom. The molecule has 2 unspecified atom stereocenters. The number of aromatic amines is 1. The maximum atomic E-state index is 13.6. The van der Waals surface area contributed by atoms with Crippen molar-refractivity contribution in [2.45, 2.75) is 37.8 Å². The van der Waals surface area contributed by atoms with Crippen LogP contribution in [0.4, 0.5) is 22.0 Å². The van der Waals surface area contributed by atoms with Crippen LogP contribution in [0.2, 0.25) is 0 Å². The molecule has 0 amide bonds. The molecule has 1 aliphatic rings. The van der Waals surface area contributed by atoms with Crippen LogP contribution in [-0.2, 0) is 0 Å². The van der Waals surface area contributed by atoms with Crippen LogP contribution in [0.25, 0.3) is 11.0 Å². The first-order valence-electron chi connectivity index (χ1n) is 6.77. The van der Waals surface area contributed by atoms with Crippen LogP contribution < -0.4 is 0 Å². The molecular formula is C14H13F5N2. The van der Waals surface area contributed by atoms with Gasteiger partial charge in [-0.3, -0.25) is 0 Å². The van der Waals surface area contributed by atoms with E-state index in [4.69, 9.17) is 0 Å². The first-order valence-corrected chi connectivity index (χ1v) is 6.77. The molecule has 0 aliphatic heterocycles. The highest BCUT2D eigenvalue weighted by Crippen LogP contribution is 2.45. The van der Waals surface area contributed by atoms with Gasteiger partial charge in [0.15, 0.2) is 5.82 Å². The summed E-state index contributed by atoms with van der Waals surface area (Å²) in [6, 6.07) is 1.72. The molecule has 1 N–H and O–H groups in total. The summed E-state index contributed by atoms with van der Waals surface area (Å²) in [6.45, 7) is 0. The van der Waals surface area contributed by atoms with Gasteiger partial charge < -0.3 is 4.98 Å². The van der Waals surface area contributed by atoms with Gasteiger partial charge in [-0.25, -0.2) is 13.8 Å². The number of fused-ring (bicyclic) bond motifs is 1. The Labute approximate surface area is 117 Å². The summed E-state index contributed by atoms with van der Waals surface area (Å²) in [7, 11) is 0. The number of hydrogen-bond acceptors (Lipinski definition) is 1. The zero-order chi connectivity index (χ0) is 15.2. The lowest BCUT2D eigenvalue weighted by atomic mass is 9.78. The van der Waals surface area contributed by atoms with E-state index in [0.717, 1.165) is 6.07 Å². The molecule has 21 heavy (non-hydrogen) atoms. The quantitative estimate of drug-likeness (QED) is 0.762. The summed E-state index contributed by atoms with van der Waals surface area (Å²) in [6.07, 6.45) is -2.74. The maximum Gasteiger partial charge on any atom is 0.392 e. The molecule has 114 valence electrons. The fourth-order valence-corrected chi connectivity index (χ4v) is 3.09. The summed E-state index contributed by atoms with van der Waals surface area (Å²) in [5.74, 6) is -3.87. The van der Waals surface area contributed by atoms with Crippen molar-refractivity contribution < 1.29 is 22.0 Å². The fraction of sp³-hybridized carbons (Fsp3) is 0.500. The van der Waals surface area contributed by atoms with E-state index in [1.807, 2.05) is 0 Å². The highest BCUT2D eigenvalue weighted by molar-refractivity contribution is 5.75. The number of rotatable bonds is 1. The topological polar surface area (TPSA) is 28.7 Å². The van der Waals surface area contributed by atoms with Gasteiger partial charge in [0.1, 0.15) is 17.2 Å². The van der Waals surface area contributed by atoms with Crippen LogP contribution in [0.1, 0.15) is 37.4 Å². The van der Waals surface area contributed by atoms with Gasteiger partial charge in [0.05, 0.1) is 11.4 Å².